The molecule has 5 atom stereocenters. The van der Waals surface area contributed by atoms with Crippen LogP contribution >= 0.6 is 11.3 Å². The van der Waals surface area contributed by atoms with Gasteiger partial charge in [0, 0.05) is 98.1 Å². The number of carbonyl (C=O) groups excluding carboxylic acids is 4. The van der Waals surface area contributed by atoms with Crippen LogP contribution in [0.5, 0.6) is 0 Å². The summed E-state index contributed by atoms with van der Waals surface area (Å²) in [7, 11) is 3.75. The Balaban J connectivity index is 1.09. The second kappa shape index (κ2) is 16.1. The number of likely N-dealkylation sites (tertiary alicyclic amines) is 2. The Hall–Kier alpha value is -5.78. The molecule has 4 aliphatic heterocycles. The van der Waals surface area contributed by atoms with Crippen LogP contribution in [-0.4, -0.2) is 110 Å². The quantitative estimate of drug-likeness (QED) is 0.251. The molecule has 63 heavy (non-hydrogen) atoms. The van der Waals surface area contributed by atoms with E-state index in [2.05, 4.69) is 61.0 Å². The Bertz CT molecular complexity index is 2610. The Morgan fingerprint density at radius 2 is 1.94 bits per heavy atom. The molecule has 16 nitrogen and oxygen atoms in total. The molecule has 330 valence electrons. The van der Waals surface area contributed by atoms with E-state index in [4.69, 9.17) is 19.5 Å². The van der Waals surface area contributed by atoms with Crippen LogP contribution in [0.1, 0.15) is 81.7 Å². The summed E-state index contributed by atoms with van der Waals surface area (Å²) in [6.07, 6.45) is 3.65. The number of nitrogens with one attached hydrogen (secondary N) is 2. The van der Waals surface area contributed by atoms with E-state index in [0.29, 0.717) is 54.3 Å². The van der Waals surface area contributed by atoms with Crippen molar-refractivity contribution in [3.05, 3.63) is 87.0 Å². The summed E-state index contributed by atoms with van der Waals surface area (Å²) in [5.41, 5.74) is 8.95. The van der Waals surface area contributed by atoms with Crippen molar-refractivity contribution in [2.24, 2.45) is 17.9 Å². The molecule has 4 aromatic rings. The van der Waals surface area contributed by atoms with E-state index in [-0.39, 0.29) is 49.5 Å². The lowest BCUT2D eigenvalue weighted by molar-refractivity contribution is -0.835. The van der Waals surface area contributed by atoms with Crippen molar-refractivity contribution in [3.8, 4) is 22.5 Å². The number of fused-ring (bicyclic) bond motifs is 8. The number of aryl methyl sites for hydroxylation is 1. The van der Waals surface area contributed by atoms with Crippen molar-refractivity contribution in [3.63, 3.8) is 0 Å². The van der Waals surface area contributed by atoms with Gasteiger partial charge in [0.25, 0.3) is 11.8 Å². The molecule has 5 aliphatic rings. The molecule has 0 saturated carbocycles. The standard InChI is InChI=1S/C46H53N9O7S/c1-8-35(56)52-19-15-46(24-52)16-20-53(44(46)59)39(26(2)3)42(57)49-30-22-34-48-31(23-63-34)27-13-14-32-29(21-27)36-37(41(61-7)38-28(11-9-17-47-38)40(36)51(32)6)45(4,5)25-62-55(60)33-12-10-18-54(50-33)43(30)58/h8-9,11,13-14,17,21,23,30,33,37,41,50H,1,10,12,15-16,18-20,22,24-25H2,2-7H3/p+1/t30-,33+,37?,41-,46?/m0/s1. The fourth-order valence-corrected chi connectivity index (χ4v) is 11.4. The molecule has 0 radical (unpaired) electrons. The van der Waals surface area contributed by atoms with Gasteiger partial charge in [0.15, 0.2) is 6.61 Å². The first-order valence-corrected chi connectivity index (χ1v) is 22.5. The van der Waals surface area contributed by atoms with Gasteiger partial charge in [0.05, 0.1) is 32.4 Å². The van der Waals surface area contributed by atoms with E-state index in [0.717, 1.165) is 44.7 Å². The molecule has 3 saturated heterocycles. The summed E-state index contributed by atoms with van der Waals surface area (Å²) in [6, 6.07) is 9.18. The average molecular weight is 877 g/mol. The van der Waals surface area contributed by atoms with E-state index < -0.39 is 41.0 Å². The van der Waals surface area contributed by atoms with Crippen LogP contribution in [0.3, 0.4) is 0 Å². The zero-order valence-corrected chi connectivity index (χ0v) is 37.4. The first-order valence-electron chi connectivity index (χ1n) is 21.6. The van der Waals surface area contributed by atoms with Gasteiger partial charge in [-0.1, -0.05) is 26.5 Å². The van der Waals surface area contributed by atoms with E-state index in [1.807, 2.05) is 17.5 Å². The lowest BCUT2D eigenvalue weighted by Crippen LogP contribution is -2.61. The molecule has 1 spiro atoms. The summed E-state index contributed by atoms with van der Waals surface area (Å²) in [6.45, 7) is 12.6. The molecule has 7 heterocycles. The van der Waals surface area contributed by atoms with Crippen LogP contribution in [0.15, 0.2) is 65.8 Å². The molecule has 1 aliphatic carbocycles. The number of aromatic nitrogens is 3. The van der Waals surface area contributed by atoms with Crippen LogP contribution in [0.25, 0.3) is 33.4 Å². The summed E-state index contributed by atoms with van der Waals surface area (Å²) >= 11 is 1.39. The number of benzene rings is 1. The molecule has 3 fully saturated rings. The number of hydrazine groups is 1. The molecule has 4 amide bonds. The smallest absolute Gasteiger partial charge is 0.326 e. The van der Waals surface area contributed by atoms with Crippen LogP contribution in [-0.2, 0) is 42.2 Å². The van der Waals surface area contributed by atoms with Crippen molar-refractivity contribution in [2.75, 3.05) is 39.9 Å². The van der Waals surface area contributed by atoms with E-state index in [1.54, 1.807) is 32.1 Å². The maximum Gasteiger partial charge on any atom is 0.326 e. The molecule has 17 heteroatoms. The highest BCUT2D eigenvalue weighted by atomic mass is 32.1. The Kier molecular flexibility index (Phi) is 10.9. The number of nitrogens with zero attached hydrogens (tertiary/aromatic N) is 7. The Labute approximate surface area is 369 Å². The minimum atomic E-state index is -1.11. The fraction of sp³-hybridized carbons (Fsp3) is 0.478. The van der Waals surface area contributed by atoms with Crippen LogP contribution in [0.4, 0.5) is 0 Å². The molecule has 3 aromatic heterocycles. The minimum absolute atomic E-state index is 0.0313. The van der Waals surface area contributed by atoms with Gasteiger partial charge in [-0.2, -0.15) is 5.43 Å². The van der Waals surface area contributed by atoms with Gasteiger partial charge in [0.2, 0.25) is 16.7 Å². The van der Waals surface area contributed by atoms with Crippen molar-refractivity contribution in [1.82, 2.24) is 40.1 Å². The number of pyridine rings is 1. The van der Waals surface area contributed by atoms with Crippen LogP contribution in [0.2, 0.25) is 0 Å². The van der Waals surface area contributed by atoms with Crippen molar-refractivity contribution in [2.45, 2.75) is 84.0 Å². The molecule has 9 rings (SSSR count). The lowest BCUT2D eigenvalue weighted by Gasteiger charge is -2.41. The number of ether oxygens (including phenoxy) is 1. The lowest BCUT2D eigenvalue weighted by atomic mass is 9.67. The monoisotopic (exact) mass is 876 g/mol. The number of thiazole rings is 1. The Morgan fingerprint density at radius 1 is 1.14 bits per heavy atom. The van der Waals surface area contributed by atoms with Gasteiger partial charge in [0.1, 0.15) is 17.8 Å². The van der Waals surface area contributed by atoms with Gasteiger partial charge < -0.3 is 24.4 Å². The molecule has 6 bridgehead atoms. The number of methoxy groups -OCH3 is 1. The molecular formula is C46H54N9O7S+. The second-order valence-electron chi connectivity index (χ2n) is 18.4. The molecule has 2 unspecified atom stereocenters. The average Bonchev–Trinajstić information content (AvgIpc) is 4.07. The highest BCUT2D eigenvalue weighted by molar-refractivity contribution is 7.10. The normalized spacial score (nSPS) is 25.5. The van der Waals surface area contributed by atoms with E-state index in [1.165, 1.54) is 27.3 Å². The third-order valence-electron chi connectivity index (χ3n) is 13.7. The van der Waals surface area contributed by atoms with Gasteiger partial charge in [-0.25, -0.2) is 9.82 Å². The fourth-order valence-electron chi connectivity index (χ4n) is 10.5. The van der Waals surface area contributed by atoms with Crippen molar-refractivity contribution in [1.29, 1.82) is 0 Å². The second-order valence-corrected chi connectivity index (χ2v) is 19.3. The van der Waals surface area contributed by atoms with Crippen molar-refractivity contribution < 1.29 is 33.7 Å². The summed E-state index contributed by atoms with van der Waals surface area (Å²) in [4.78, 5) is 89.4. The first-order chi connectivity index (χ1) is 30.2. The minimum Gasteiger partial charge on any atom is -0.374 e. The van der Waals surface area contributed by atoms with E-state index in [9.17, 15) is 24.1 Å². The topological polar surface area (TPSA) is 171 Å². The summed E-state index contributed by atoms with van der Waals surface area (Å²) in [5.74, 6) is -1.74. The molecular weight excluding hydrogens is 823 g/mol. The number of carbonyl (C=O) groups is 4. The highest BCUT2D eigenvalue weighted by Gasteiger charge is 2.53. The largest absolute Gasteiger partial charge is 0.374 e. The molecule has 2 N–H and O–H groups in total. The number of amides is 4. The van der Waals surface area contributed by atoms with Crippen LogP contribution in [0, 0.1) is 15.7 Å². The van der Waals surface area contributed by atoms with Gasteiger partial charge in [-0.3, -0.25) is 29.2 Å². The zero-order chi connectivity index (χ0) is 44.5. The number of rotatable bonds is 5. The zero-order valence-electron chi connectivity index (χ0n) is 36.6. The SMILES string of the molecule is C=CC(=O)N1CCC2(CCN(C(C(=O)N[C@H]3Cc4nc(cs4)-c4ccc5c(c4)c4c(n5C)-c5cccnc5[C@@H](OC)C4C(C)(C)CO[N+](=O)[C@@H]4CCCN(N4)C3=O)=C(C)C)C2=O)C1. The Morgan fingerprint density at radius 3 is 2.70 bits per heavy atom. The van der Waals surface area contributed by atoms with Gasteiger partial charge in [-0.05, 0) is 74.6 Å². The predicted molar refractivity (Wildman–Crippen MR) is 235 cm³/mol. The number of hydrogen-bond acceptors (Lipinski definition) is 11. The third kappa shape index (κ3) is 7.13. The summed E-state index contributed by atoms with van der Waals surface area (Å²) in [5, 5.41) is 7.98. The maximum absolute atomic E-state index is 14.7. The van der Waals surface area contributed by atoms with E-state index >= 15 is 0 Å². The number of allylic oxidation sites excluding steroid dienone is 1. The van der Waals surface area contributed by atoms with Crippen molar-refractivity contribution >= 4 is 45.9 Å². The maximum atomic E-state index is 14.7. The van der Waals surface area contributed by atoms with Crippen LogP contribution < -0.4 is 10.7 Å². The molecule has 1 aromatic carbocycles. The highest BCUT2D eigenvalue weighted by Crippen LogP contribution is 2.57. The third-order valence-corrected chi connectivity index (χ3v) is 14.6. The summed E-state index contributed by atoms with van der Waals surface area (Å²) < 4.78 is 8.50. The predicted octanol–water partition coefficient (Wildman–Crippen LogP) is 5.31. The van der Waals surface area contributed by atoms with Gasteiger partial charge >= 0.3 is 6.17 Å². The first kappa shape index (κ1) is 42.5. The number of hydrogen-bond donors (Lipinski definition) is 2. The van der Waals surface area contributed by atoms with Gasteiger partial charge in [-0.15, -0.1) is 11.3 Å².